The highest BCUT2D eigenvalue weighted by atomic mass is 16.4. The van der Waals surface area contributed by atoms with Crippen molar-refractivity contribution in [1.29, 1.82) is 0 Å². The van der Waals surface area contributed by atoms with Crippen LogP contribution in [-0.2, 0) is 4.79 Å². The van der Waals surface area contributed by atoms with E-state index in [0.717, 1.165) is 0 Å². The van der Waals surface area contributed by atoms with Crippen LogP contribution in [-0.4, -0.2) is 34.0 Å². The number of hydrogen-bond donors (Lipinski definition) is 3. The number of carboxylic acid groups (broad SMARTS) is 1. The van der Waals surface area contributed by atoms with Gasteiger partial charge in [0.2, 0.25) is 0 Å². The van der Waals surface area contributed by atoms with Crippen molar-refractivity contribution in [2.24, 2.45) is 11.8 Å². The maximum absolute atomic E-state index is 10.4. The molecule has 1 rings (SSSR count). The van der Waals surface area contributed by atoms with Crippen LogP contribution in [0.4, 0.5) is 0 Å². The summed E-state index contributed by atoms with van der Waals surface area (Å²) in [5.74, 6) is -1.14. The maximum atomic E-state index is 10.4. The zero-order valence-electron chi connectivity index (χ0n) is 6.81. The highest BCUT2D eigenvalue weighted by Gasteiger charge is 2.35. The Kier molecular flexibility index (Phi) is 3.05. The summed E-state index contributed by atoms with van der Waals surface area (Å²) in [6.45, 7) is -0.112. The number of hydrogen-bond acceptors (Lipinski definition) is 3. The summed E-state index contributed by atoms with van der Waals surface area (Å²) < 4.78 is 0. The smallest absolute Gasteiger partial charge is 0.303 e. The average molecular weight is 174 g/mol. The summed E-state index contributed by atoms with van der Waals surface area (Å²) in [5, 5.41) is 26.7. The SMILES string of the molecule is O=C(O)CC1CCC(O)[C@@H]1CO. The normalized spacial score (nSPS) is 35.3. The molecule has 70 valence electrons. The summed E-state index contributed by atoms with van der Waals surface area (Å²) in [5.41, 5.74) is 0. The van der Waals surface area contributed by atoms with Gasteiger partial charge >= 0.3 is 5.97 Å². The molecular formula is C8H14O4. The minimum absolute atomic E-state index is 0.0532. The molecule has 0 aromatic carbocycles. The summed E-state index contributed by atoms with van der Waals surface area (Å²) >= 11 is 0. The molecule has 0 radical (unpaired) electrons. The van der Waals surface area contributed by atoms with Crippen molar-refractivity contribution in [2.75, 3.05) is 6.61 Å². The van der Waals surface area contributed by atoms with Crippen LogP contribution in [0.2, 0.25) is 0 Å². The van der Waals surface area contributed by atoms with Gasteiger partial charge in [0.1, 0.15) is 0 Å². The van der Waals surface area contributed by atoms with Gasteiger partial charge in [-0.05, 0) is 18.8 Å². The van der Waals surface area contributed by atoms with Gasteiger partial charge in [0, 0.05) is 18.9 Å². The third-order valence-corrected chi connectivity index (χ3v) is 2.58. The Morgan fingerprint density at radius 1 is 1.42 bits per heavy atom. The molecule has 4 heteroatoms. The number of carbonyl (C=O) groups is 1. The lowest BCUT2D eigenvalue weighted by Gasteiger charge is -2.17. The molecule has 4 nitrogen and oxygen atoms in total. The zero-order valence-corrected chi connectivity index (χ0v) is 6.81. The molecule has 2 unspecified atom stereocenters. The molecule has 0 aliphatic heterocycles. The van der Waals surface area contributed by atoms with Gasteiger partial charge in [-0.1, -0.05) is 0 Å². The van der Waals surface area contributed by atoms with Crippen LogP contribution in [0.3, 0.4) is 0 Å². The first-order chi connectivity index (χ1) is 5.65. The van der Waals surface area contributed by atoms with Crippen LogP contribution in [0.5, 0.6) is 0 Å². The van der Waals surface area contributed by atoms with Gasteiger partial charge in [-0.15, -0.1) is 0 Å². The number of aliphatic hydroxyl groups excluding tert-OH is 2. The summed E-state index contributed by atoms with van der Waals surface area (Å²) in [7, 11) is 0. The zero-order chi connectivity index (χ0) is 9.14. The second-order valence-electron chi connectivity index (χ2n) is 3.35. The van der Waals surface area contributed by atoms with Crippen LogP contribution in [0.15, 0.2) is 0 Å². The van der Waals surface area contributed by atoms with E-state index in [9.17, 15) is 9.90 Å². The first-order valence-corrected chi connectivity index (χ1v) is 4.16. The minimum Gasteiger partial charge on any atom is -0.481 e. The predicted octanol–water partition coefficient (Wildman–Crippen LogP) is -0.160. The maximum Gasteiger partial charge on any atom is 0.303 e. The fourth-order valence-electron chi connectivity index (χ4n) is 1.88. The van der Waals surface area contributed by atoms with E-state index >= 15 is 0 Å². The molecule has 1 saturated carbocycles. The monoisotopic (exact) mass is 174 g/mol. The number of rotatable bonds is 3. The van der Waals surface area contributed by atoms with E-state index in [0.29, 0.717) is 12.8 Å². The molecule has 1 aliphatic carbocycles. The first kappa shape index (κ1) is 9.48. The van der Waals surface area contributed by atoms with E-state index in [-0.39, 0.29) is 24.9 Å². The summed E-state index contributed by atoms with van der Waals surface area (Å²) in [6.07, 6.45) is 0.865. The lowest BCUT2D eigenvalue weighted by atomic mass is 9.93. The van der Waals surface area contributed by atoms with Gasteiger partial charge in [0.15, 0.2) is 0 Å². The second kappa shape index (κ2) is 3.87. The predicted molar refractivity (Wildman–Crippen MR) is 41.6 cm³/mol. The molecule has 0 amide bonds. The first-order valence-electron chi connectivity index (χ1n) is 4.16. The molecule has 3 atom stereocenters. The fraction of sp³-hybridized carbons (Fsp3) is 0.875. The Balaban J connectivity index is 2.48. The molecule has 0 heterocycles. The van der Waals surface area contributed by atoms with Crippen LogP contribution in [0.1, 0.15) is 19.3 Å². The van der Waals surface area contributed by atoms with Crippen LogP contribution in [0, 0.1) is 11.8 Å². The van der Waals surface area contributed by atoms with Gasteiger partial charge in [-0.2, -0.15) is 0 Å². The van der Waals surface area contributed by atoms with Crippen molar-refractivity contribution in [3.63, 3.8) is 0 Å². The Labute approximate surface area is 70.8 Å². The number of carboxylic acids is 1. The van der Waals surface area contributed by atoms with E-state index in [1.807, 2.05) is 0 Å². The Morgan fingerprint density at radius 3 is 2.58 bits per heavy atom. The van der Waals surface area contributed by atoms with E-state index in [1.165, 1.54) is 0 Å². The van der Waals surface area contributed by atoms with Crippen molar-refractivity contribution < 1.29 is 20.1 Å². The van der Waals surface area contributed by atoms with E-state index in [2.05, 4.69) is 0 Å². The van der Waals surface area contributed by atoms with E-state index in [1.54, 1.807) is 0 Å². The Hall–Kier alpha value is -0.610. The third-order valence-electron chi connectivity index (χ3n) is 2.58. The van der Waals surface area contributed by atoms with Crippen LogP contribution in [0.25, 0.3) is 0 Å². The topological polar surface area (TPSA) is 77.8 Å². The molecule has 12 heavy (non-hydrogen) atoms. The molecule has 1 fully saturated rings. The van der Waals surface area contributed by atoms with E-state index in [4.69, 9.17) is 10.2 Å². The molecular weight excluding hydrogens is 160 g/mol. The Bertz CT molecular complexity index is 168. The quantitative estimate of drug-likeness (QED) is 0.555. The number of aliphatic carboxylic acids is 1. The van der Waals surface area contributed by atoms with Gasteiger partial charge < -0.3 is 15.3 Å². The van der Waals surface area contributed by atoms with Gasteiger partial charge in [0.25, 0.3) is 0 Å². The van der Waals surface area contributed by atoms with E-state index < -0.39 is 12.1 Å². The molecule has 1 aliphatic rings. The van der Waals surface area contributed by atoms with Crippen molar-refractivity contribution in [2.45, 2.75) is 25.4 Å². The van der Waals surface area contributed by atoms with Gasteiger partial charge in [0.05, 0.1) is 6.10 Å². The van der Waals surface area contributed by atoms with Crippen molar-refractivity contribution in [1.82, 2.24) is 0 Å². The summed E-state index contributed by atoms with van der Waals surface area (Å²) in [4.78, 5) is 10.4. The third kappa shape index (κ3) is 1.95. The van der Waals surface area contributed by atoms with Gasteiger partial charge in [-0.25, -0.2) is 0 Å². The largest absolute Gasteiger partial charge is 0.481 e. The highest BCUT2D eigenvalue weighted by Crippen LogP contribution is 2.33. The molecule has 3 N–H and O–H groups in total. The minimum atomic E-state index is -0.854. The summed E-state index contributed by atoms with van der Waals surface area (Å²) in [6, 6.07) is 0. The van der Waals surface area contributed by atoms with Crippen LogP contribution < -0.4 is 0 Å². The highest BCUT2D eigenvalue weighted by molar-refractivity contribution is 5.67. The van der Waals surface area contributed by atoms with Crippen molar-refractivity contribution in [3.8, 4) is 0 Å². The standard InChI is InChI=1S/C8H14O4/c9-4-6-5(3-8(11)12)1-2-7(6)10/h5-7,9-10H,1-4H2,(H,11,12)/t5?,6-,7?/m1/s1. The lowest BCUT2D eigenvalue weighted by Crippen LogP contribution is -2.24. The second-order valence-corrected chi connectivity index (χ2v) is 3.35. The number of aliphatic hydroxyl groups is 2. The average Bonchev–Trinajstić information content (AvgIpc) is 2.30. The molecule has 0 aromatic heterocycles. The molecule has 0 spiro atoms. The Morgan fingerprint density at radius 2 is 2.08 bits per heavy atom. The van der Waals surface area contributed by atoms with Crippen molar-refractivity contribution in [3.05, 3.63) is 0 Å². The van der Waals surface area contributed by atoms with Gasteiger partial charge in [-0.3, -0.25) is 4.79 Å². The molecule has 0 bridgehead atoms. The van der Waals surface area contributed by atoms with Crippen LogP contribution >= 0.6 is 0 Å². The molecule has 0 aromatic rings. The molecule has 0 saturated heterocycles. The van der Waals surface area contributed by atoms with Crippen molar-refractivity contribution >= 4 is 5.97 Å². The lowest BCUT2D eigenvalue weighted by molar-refractivity contribution is -0.138. The fourth-order valence-corrected chi connectivity index (χ4v) is 1.88.